The molecule has 4 aromatic rings. The van der Waals surface area contributed by atoms with Gasteiger partial charge in [-0.1, -0.05) is 54.9 Å². The van der Waals surface area contributed by atoms with Crippen LogP contribution in [0, 0.1) is 6.92 Å². The molecule has 0 spiro atoms. The van der Waals surface area contributed by atoms with E-state index in [4.69, 9.17) is 4.98 Å². The normalized spacial score (nSPS) is 13.3. The molecule has 170 valence electrons. The lowest BCUT2D eigenvalue weighted by Gasteiger charge is -2.20. The molecule has 0 aliphatic carbocycles. The summed E-state index contributed by atoms with van der Waals surface area (Å²) in [5.74, 6) is -0.378. The molecule has 0 fully saturated rings. The van der Waals surface area contributed by atoms with Gasteiger partial charge in [-0.2, -0.15) is 9.78 Å². The number of carboxylic acid groups (broad SMARTS) is 1. The number of para-hydroxylation sites is 1. The second kappa shape index (κ2) is 8.26. The van der Waals surface area contributed by atoms with Crippen LogP contribution in [0.4, 0.5) is 0 Å². The van der Waals surface area contributed by atoms with Gasteiger partial charge in [0.15, 0.2) is 0 Å². The van der Waals surface area contributed by atoms with E-state index in [2.05, 4.69) is 21.0 Å². The first-order valence-electron chi connectivity index (χ1n) is 10.6. The Labute approximate surface area is 199 Å². The average Bonchev–Trinajstić information content (AvgIpc) is 3.03. The Balaban J connectivity index is 1.98. The van der Waals surface area contributed by atoms with E-state index in [9.17, 15) is 14.7 Å². The van der Waals surface area contributed by atoms with Crippen molar-refractivity contribution in [2.45, 2.75) is 46.1 Å². The van der Waals surface area contributed by atoms with Crippen molar-refractivity contribution in [2.75, 3.05) is 0 Å². The zero-order valence-corrected chi connectivity index (χ0v) is 20.7. The predicted octanol–water partition coefficient (Wildman–Crippen LogP) is 5.25. The van der Waals surface area contributed by atoms with Crippen molar-refractivity contribution in [3.8, 4) is 0 Å². The number of nitrogens with zero attached hydrogens (tertiary/aromatic N) is 4. The third-order valence-electron chi connectivity index (χ3n) is 5.73. The van der Waals surface area contributed by atoms with Crippen LogP contribution in [0.25, 0.3) is 21.8 Å². The van der Waals surface area contributed by atoms with Crippen molar-refractivity contribution < 1.29 is 9.90 Å². The van der Waals surface area contributed by atoms with Gasteiger partial charge in [-0.3, -0.25) is 4.79 Å². The molecule has 0 saturated carbocycles. The van der Waals surface area contributed by atoms with E-state index >= 15 is 0 Å². The molecule has 0 aliphatic rings. The summed E-state index contributed by atoms with van der Waals surface area (Å²) >= 11 is 3.42. The Kier molecular flexibility index (Phi) is 5.74. The Hall–Kier alpha value is -3.26. The summed E-state index contributed by atoms with van der Waals surface area (Å²) in [5, 5.41) is 15.5. The third-order valence-corrected chi connectivity index (χ3v) is 6.22. The van der Waals surface area contributed by atoms with E-state index in [0.717, 1.165) is 26.6 Å². The maximum atomic E-state index is 13.4. The number of aromatic nitrogens is 3. The summed E-state index contributed by atoms with van der Waals surface area (Å²) in [7, 11) is 0. The maximum Gasteiger partial charge on any atom is 0.326 e. The number of benzene rings is 2. The Morgan fingerprint density at radius 2 is 1.88 bits per heavy atom. The predicted molar refractivity (Wildman–Crippen MR) is 134 cm³/mol. The lowest BCUT2D eigenvalue weighted by molar-refractivity contribution is -0.140. The van der Waals surface area contributed by atoms with Crippen molar-refractivity contribution in [1.29, 1.82) is 0 Å². The molecule has 0 unspecified atom stereocenters. The number of carboxylic acids is 1. The first kappa shape index (κ1) is 22.9. The third kappa shape index (κ3) is 3.99. The molecule has 7 nitrogen and oxygen atoms in total. The molecule has 8 heteroatoms. The van der Waals surface area contributed by atoms with Crippen LogP contribution in [0.3, 0.4) is 0 Å². The van der Waals surface area contributed by atoms with E-state index in [0.29, 0.717) is 16.7 Å². The van der Waals surface area contributed by atoms with Gasteiger partial charge in [-0.25, -0.2) is 9.78 Å². The molecule has 0 amide bonds. The monoisotopic (exact) mass is 508 g/mol. The fourth-order valence-corrected chi connectivity index (χ4v) is 4.41. The van der Waals surface area contributed by atoms with Crippen molar-refractivity contribution in [1.82, 2.24) is 14.2 Å². The zero-order valence-electron chi connectivity index (χ0n) is 19.1. The summed E-state index contributed by atoms with van der Waals surface area (Å²) in [4.78, 5) is 29.9. The Morgan fingerprint density at radius 3 is 2.55 bits per heavy atom. The minimum atomic E-state index is -0.919. The van der Waals surface area contributed by atoms with Crippen molar-refractivity contribution in [3.05, 3.63) is 74.4 Å². The highest BCUT2D eigenvalue weighted by Crippen LogP contribution is 2.29. The van der Waals surface area contributed by atoms with Crippen molar-refractivity contribution >= 4 is 49.9 Å². The van der Waals surface area contributed by atoms with E-state index in [1.54, 1.807) is 23.8 Å². The quantitative estimate of drug-likeness (QED) is 0.381. The van der Waals surface area contributed by atoms with Crippen LogP contribution >= 0.6 is 15.9 Å². The van der Waals surface area contributed by atoms with Crippen LogP contribution in [-0.2, 0) is 10.2 Å². The molecule has 0 bridgehead atoms. The van der Waals surface area contributed by atoms with Gasteiger partial charge in [-0.15, -0.1) is 0 Å². The number of hydrogen-bond donors (Lipinski definition) is 1. The maximum absolute atomic E-state index is 13.4. The molecule has 0 radical (unpaired) electrons. The minimum absolute atomic E-state index is 0.261. The molecule has 0 saturated heterocycles. The van der Waals surface area contributed by atoms with Gasteiger partial charge in [0.1, 0.15) is 11.9 Å². The molecule has 2 aromatic carbocycles. The summed E-state index contributed by atoms with van der Waals surface area (Å²) in [5.41, 5.74) is 2.25. The number of carbonyl (C=O) groups is 1. The highest BCUT2D eigenvalue weighted by Gasteiger charge is 2.24. The zero-order chi connectivity index (χ0) is 24.1. The standard InChI is InChI=1S/C25H25BrN4O3/c1-14-19(17-8-6-7-9-21(17)29(14)15(2)23(32)33)13-27-30-22(31)18-12-16(26)10-11-20(18)28-24(30)25(3,4)5/h6-13,15H,1-5H3,(H,32,33)/t15-/m0/s1. The van der Waals surface area contributed by atoms with Crippen LogP contribution in [0.1, 0.15) is 50.8 Å². The SMILES string of the molecule is Cc1c(C=Nn2c(C(C)(C)C)nc3ccc(Br)cc3c2=O)c2ccccc2n1[C@@H](C)C(=O)O. The second-order valence-electron chi connectivity index (χ2n) is 9.11. The van der Waals surface area contributed by atoms with Gasteiger partial charge in [0.05, 0.1) is 17.1 Å². The van der Waals surface area contributed by atoms with Crippen molar-refractivity contribution in [3.63, 3.8) is 0 Å². The summed E-state index contributed by atoms with van der Waals surface area (Å²) < 4.78 is 3.91. The number of rotatable bonds is 4. The molecule has 1 atom stereocenters. The number of fused-ring (bicyclic) bond motifs is 2. The highest BCUT2D eigenvalue weighted by molar-refractivity contribution is 9.10. The van der Waals surface area contributed by atoms with E-state index < -0.39 is 17.4 Å². The van der Waals surface area contributed by atoms with E-state index in [1.165, 1.54) is 4.68 Å². The molecular weight excluding hydrogens is 484 g/mol. The van der Waals surface area contributed by atoms with Crippen LogP contribution in [0.15, 0.2) is 56.8 Å². The Bertz CT molecular complexity index is 1490. The van der Waals surface area contributed by atoms with E-state index in [-0.39, 0.29) is 5.56 Å². The molecule has 1 N–H and O–H groups in total. The minimum Gasteiger partial charge on any atom is -0.480 e. The fourth-order valence-electron chi connectivity index (χ4n) is 4.05. The lowest BCUT2D eigenvalue weighted by atomic mass is 9.95. The van der Waals surface area contributed by atoms with Gasteiger partial charge in [0, 0.05) is 32.0 Å². The number of halogens is 1. The topological polar surface area (TPSA) is 89.5 Å². The number of aliphatic carboxylic acids is 1. The highest BCUT2D eigenvalue weighted by atomic mass is 79.9. The molecule has 2 aromatic heterocycles. The van der Waals surface area contributed by atoms with Gasteiger partial charge in [-0.05, 0) is 38.1 Å². The van der Waals surface area contributed by atoms with Crippen LogP contribution in [0.5, 0.6) is 0 Å². The van der Waals surface area contributed by atoms with Crippen molar-refractivity contribution in [2.24, 2.45) is 5.10 Å². The van der Waals surface area contributed by atoms with Crippen LogP contribution in [0.2, 0.25) is 0 Å². The first-order chi connectivity index (χ1) is 15.5. The summed E-state index contributed by atoms with van der Waals surface area (Å²) in [6.07, 6.45) is 1.63. The summed E-state index contributed by atoms with van der Waals surface area (Å²) in [6.45, 7) is 9.46. The summed E-state index contributed by atoms with van der Waals surface area (Å²) in [6, 6.07) is 12.3. The van der Waals surface area contributed by atoms with Gasteiger partial charge in [0.2, 0.25) is 0 Å². The van der Waals surface area contributed by atoms with Gasteiger partial charge < -0.3 is 9.67 Å². The van der Waals surface area contributed by atoms with E-state index in [1.807, 2.05) is 64.1 Å². The smallest absolute Gasteiger partial charge is 0.326 e. The van der Waals surface area contributed by atoms with Crippen LogP contribution < -0.4 is 5.56 Å². The second-order valence-corrected chi connectivity index (χ2v) is 10.0. The van der Waals surface area contributed by atoms with Crippen LogP contribution in [-0.4, -0.2) is 31.5 Å². The molecule has 33 heavy (non-hydrogen) atoms. The molecular formula is C25H25BrN4O3. The average molecular weight is 509 g/mol. The van der Waals surface area contributed by atoms with Gasteiger partial charge >= 0.3 is 5.97 Å². The molecule has 0 aliphatic heterocycles. The Morgan fingerprint density at radius 1 is 1.18 bits per heavy atom. The molecule has 2 heterocycles. The number of hydrogen-bond acceptors (Lipinski definition) is 4. The largest absolute Gasteiger partial charge is 0.480 e. The molecule has 4 rings (SSSR count). The fraction of sp³-hybridized carbons (Fsp3) is 0.280. The first-order valence-corrected chi connectivity index (χ1v) is 11.4. The lowest BCUT2D eigenvalue weighted by Crippen LogP contribution is -2.29. The van der Waals surface area contributed by atoms with Gasteiger partial charge in [0.25, 0.3) is 5.56 Å².